The van der Waals surface area contributed by atoms with E-state index in [0.29, 0.717) is 16.6 Å². The lowest BCUT2D eigenvalue weighted by atomic mass is 10.2. The molecule has 0 amide bonds. The molecule has 1 aliphatic heterocycles. The summed E-state index contributed by atoms with van der Waals surface area (Å²) in [4.78, 5) is 15.6. The Labute approximate surface area is 196 Å². The van der Waals surface area contributed by atoms with E-state index in [2.05, 4.69) is 37.1 Å². The maximum Gasteiger partial charge on any atom is 0.261 e. The van der Waals surface area contributed by atoms with Crippen molar-refractivity contribution in [3.05, 3.63) is 71.7 Å². The van der Waals surface area contributed by atoms with Crippen molar-refractivity contribution in [3.8, 4) is 11.6 Å². The van der Waals surface area contributed by atoms with Crippen LogP contribution in [0.5, 0.6) is 11.6 Å². The summed E-state index contributed by atoms with van der Waals surface area (Å²) >= 11 is 0. The van der Waals surface area contributed by atoms with E-state index in [-0.39, 0.29) is 17.4 Å². The zero-order chi connectivity index (χ0) is 23.7. The molecule has 0 saturated carbocycles. The highest BCUT2D eigenvalue weighted by atomic mass is 19.1. The molecule has 1 saturated heterocycles. The Bertz CT molecular complexity index is 1300. The van der Waals surface area contributed by atoms with Crippen molar-refractivity contribution in [1.29, 1.82) is 0 Å². The molecule has 2 N–H and O–H groups in total. The molecule has 176 valence electrons. The second kappa shape index (κ2) is 9.36. The average Bonchev–Trinajstić information content (AvgIpc) is 3.22. The minimum absolute atomic E-state index is 0.0456. The van der Waals surface area contributed by atoms with Crippen molar-refractivity contribution in [3.63, 3.8) is 0 Å². The van der Waals surface area contributed by atoms with Gasteiger partial charge in [-0.15, -0.1) is 0 Å². The summed E-state index contributed by atoms with van der Waals surface area (Å²) in [5.74, 6) is -1.88. The molecule has 9 heteroatoms. The van der Waals surface area contributed by atoms with Gasteiger partial charge in [0, 0.05) is 55.0 Å². The first-order valence-electron chi connectivity index (χ1n) is 11.2. The highest BCUT2D eigenvalue weighted by Crippen LogP contribution is 2.32. The number of hydrogen-bond acceptors (Lipinski definition) is 6. The molecule has 0 radical (unpaired) electrons. The van der Waals surface area contributed by atoms with Crippen LogP contribution in [-0.2, 0) is 6.54 Å². The number of fused-ring (bicyclic) bond motifs is 1. The third kappa shape index (κ3) is 4.71. The number of aromatic amines is 1. The van der Waals surface area contributed by atoms with Crippen LogP contribution in [0.1, 0.15) is 11.3 Å². The molecule has 5 rings (SSSR count). The van der Waals surface area contributed by atoms with Crippen molar-refractivity contribution >= 4 is 22.4 Å². The van der Waals surface area contributed by atoms with Crippen molar-refractivity contribution in [2.24, 2.45) is 0 Å². The Morgan fingerprint density at radius 1 is 1.00 bits per heavy atom. The number of aromatic nitrogens is 3. The molecular weight excluding hydrogens is 438 g/mol. The maximum absolute atomic E-state index is 15.1. The van der Waals surface area contributed by atoms with Crippen LogP contribution in [0.25, 0.3) is 10.9 Å². The molecule has 4 aromatic rings. The second-order valence-electron chi connectivity index (χ2n) is 8.64. The Balaban J connectivity index is 1.29. The summed E-state index contributed by atoms with van der Waals surface area (Å²) in [7, 11) is 2.14. The lowest BCUT2D eigenvalue weighted by Crippen LogP contribution is -2.43. The second-order valence-corrected chi connectivity index (χ2v) is 8.64. The molecule has 2 aromatic carbocycles. The van der Waals surface area contributed by atoms with Crippen LogP contribution in [0.3, 0.4) is 0 Å². The first kappa shape index (κ1) is 22.2. The number of hydrogen-bond donors (Lipinski definition) is 2. The number of benzene rings is 2. The van der Waals surface area contributed by atoms with Gasteiger partial charge in [0.05, 0.1) is 0 Å². The number of anilines is 2. The molecule has 0 unspecified atom stereocenters. The third-order valence-corrected chi connectivity index (χ3v) is 6.02. The number of nitrogens with one attached hydrogen (secondary N) is 2. The summed E-state index contributed by atoms with van der Waals surface area (Å²) in [6.07, 6.45) is 1.18. The Morgan fingerprint density at radius 2 is 1.76 bits per heavy atom. The van der Waals surface area contributed by atoms with Gasteiger partial charge < -0.3 is 19.9 Å². The summed E-state index contributed by atoms with van der Waals surface area (Å²) in [6.45, 7) is 6.94. The van der Waals surface area contributed by atoms with Crippen LogP contribution in [0, 0.1) is 18.6 Å². The van der Waals surface area contributed by atoms with Gasteiger partial charge >= 0.3 is 0 Å². The van der Waals surface area contributed by atoms with E-state index in [9.17, 15) is 4.39 Å². The van der Waals surface area contributed by atoms with Gasteiger partial charge in [-0.3, -0.25) is 4.90 Å². The first-order valence-corrected chi connectivity index (χ1v) is 11.2. The van der Waals surface area contributed by atoms with Gasteiger partial charge in [0.15, 0.2) is 17.4 Å². The van der Waals surface area contributed by atoms with Crippen LogP contribution in [-0.4, -0.2) is 58.0 Å². The average molecular weight is 465 g/mol. The minimum Gasteiger partial charge on any atom is -0.433 e. The van der Waals surface area contributed by atoms with Crippen molar-refractivity contribution in [2.75, 3.05) is 38.5 Å². The summed E-state index contributed by atoms with van der Waals surface area (Å²) in [6, 6.07) is 12.6. The molecular formula is C25H26F2N6O. The summed E-state index contributed by atoms with van der Waals surface area (Å²) in [5, 5.41) is 3.33. The van der Waals surface area contributed by atoms with Gasteiger partial charge in [-0.2, -0.15) is 9.37 Å². The first-order chi connectivity index (χ1) is 16.5. The summed E-state index contributed by atoms with van der Waals surface area (Å²) < 4.78 is 35.4. The van der Waals surface area contributed by atoms with Gasteiger partial charge in [-0.05, 0) is 49.9 Å². The minimum atomic E-state index is -0.797. The van der Waals surface area contributed by atoms with Crippen molar-refractivity contribution < 1.29 is 13.5 Å². The Morgan fingerprint density at radius 3 is 2.53 bits per heavy atom. The van der Waals surface area contributed by atoms with Crippen LogP contribution in [0.2, 0.25) is 0 Å². The Kier molecular flexibility index (Phi) is 6.12. The molecule has 1 fully saturated rings. The topological polar surface area (TPSA) is 69.3 Å². The zero-order valence-corrected chi connectivity index (χ0v) is 19.1. The van der Waals surface area contributed by atoms with E-state index in [1.54, 1.807) is 12.1 Å². The fourth-order valence-electron chi connectivity index (χ4n) is 4.08. The predicted molar refractivity (Wildman–Crippen MR) is 128 cm³/mol. The van der Waals surface area contributed by atoms with Gasteiger partial charge in [0.2, 0.25) is 5.82 Å². The highest BCUT2D eigenvalue weighted by molar-refractivity contribution is 5.82. The maximum atomic E-state index is 15.1. The van der Waals surface area contributed by atoms with Crippen LogP contribution in [0.15, 0.2) is 48.8 Å². The van der Waals surface area contributed by atoms with E-state index in [4.69, 9.17) is 4.74 Å². The molecule has 0 bridgehead atoms. The zero-order valence-electron chi connectivity index (χ0n) is 19.1. The van der Waals surface area contributed by atoms with E-state index >= 15 is 4.39 Å². The SMILES string of the molecule is Cc1cc2c(F)c(Oc3ncnc(Nc4ccc(CN5CCN(C)CC5)cc4)c3F)ccc2[nH]1. The highest BCUT2D eigenvalue weighted by Gasteiger charge is 2.18. The smallest absolute Gasteiger partial charge is 0.261 e. The standard InChI is InChI=1S/C25H26F2N6O/c1-16-13-19-20(30-16)7-8-21(22(19)26)34-25-23(27)24(28-15-29-25)31-18-5-3-17(4-6-18)14-33-11-9-32(2)10-12-33/h3-8,13,15,30H,9-12,14H2,1-2H3,(H,28,29,31). The number of aryl methyl sites for hydroxylation is 1. The van der Waals surface area contributed by atoms with Crippen molar-refractivity contribution in [2.45, 2.75) is 13.5 Å². The monoisotopic (exact) mass is 464 g/mol. The molecule has 1 aliphatic rings. The lowest BCUT2D eigenvalue weighted by molar-refractivity contribution is 0.148. The number of ether oxygens (including phenoxy) is 1. The van der Waals surface area contributed by atoms with Gasteiger partial charge in [0.1, 0.15) is 6.33 Å². The largest absolute Gasteiger partial charge is 0.433 e. The van der Waals surface area contributed by atoms with Crippen molar-refractivity contribution in [1.82, 2.24) is 24.8 Å². The predicted octanol–water partition coefficient (Wildman–Crippen LogP) is 4.83. The van der Waals surface area contributed by atoms with Crippen LogP contribution >= 0.6 is 0 Å². The van der Waals surface area contributed by atoms with Gasteiger partial charge in [0.25, 0.3) is 5.88 Å². The van der Waals surface area contributed by atoms with Gasteiger partial charge in [-0.1, -0.05) is 12.1 Å². The number of nitrogens with zero attached hydrogens (tertiary/aromatic N) is 4. The fourth-order valence-corrected chi connectivity index (χ4v) is 4.08. The number of likely N-dealkylation sites (N-methyl/N-ethyl adjacent to an activating group) is 1. The summed E-state index contributed by atoms with van der Waals surface area (Å²) in [5.41, 5.74) is 3.33. The quantitative estimate of drug-likeness (QED) is 0.426. The lowest BCUT2D eigenvalue weighted by Gasteiger charge is -2.32. The Hall–Kier alpha value is -3.56. The van der Waals surface area contributed by atoms with E-state index in [0.717, 1.165) is 38.4 Å². The number of H-pyrrole nitrogens is 1. The van der Waals surface area contributed by atoms with E-state index in [1.807, 2.05) is 31.2 Å². The number of rotatable bonds is 6. The molecule has 7 nitrogen and oxygen atoms in total. The molecule has 0 atom stereocenters. The molecule has 34 heavy (non-hydrogen) atoms. The van der Waals surface area contributed by atoms with E-state index in [1.165, 1.54) is 18.0 Å². The molecule has 3 heterocycles. The van der Waals surface area contributed by atoms with Crippen LogP contribution < -0.4 is 10.1 Å². The number of piperazine rings is 1. The number of halogens is 2. The van der Waals surface area contributed by atoms with E-state index < -0.39 is 11.6 Å². The third-order valence-electron chi connectivity index (χ3n) is 6.02. The molecule has 0 aliphatic carbocycles. The normalized spacial score (nSPS) is 15.1. The van der Waals surface area contributed by atoms with Crippen LogP contribution in [0.4, 0.5) is 20.3 Å². The molecule has 0 spiro atoms. The van der Waals surface area contributed by atoms with Gasteiger partial charge in [-0.25, -0.2) is 9.37 Å². The fraction of sp³-hybridized carbons (Fsp3) is 0.280. The molecule has 2 aromatic heterocycles.